The maximum absolute atomic E-state index is 9.60. The van der Waals surface area contributed by atoms with E-state index in [1.807, 2.05) is 19.9 Å². The highest BCUT2D eigenvalue weighted by Gasteiger charge is 2.17. The highest BCUT2D eigenvalue weighted by atomic mass is 127. The van der Waals surface area contributed by atoms with Crippen LogP contribution in [0.5, 0.6) is 0 Å². The fourth-order valence-corrected chi connectivity index (χ4v) is 2.70. The van der Waals surface area contributed by atoms with E-state index in [1.165, 1.54) is 11.1 Å². The van der Waals surface area contributed by atoms with Crippen molar-refractivity contribution in [2.24, 2.45) is 10.7 Å². The van der Waals surface area contributed by atoms with E-state index in [-0.39, 0.29) is 30.1 Å². The third kappa shape index (κ3) is 7.05. The molecule has 0 radical (unpaired) electrons. The predicted molar refractivity (Wildman–Crippen MR) is 106 cm³/mol. The van der Waals surface area contributed by atoms with Crippen LogP contribution >= 0.6 is 24.0 Å². The summed E-state index contributed by atoms with van der Waals surface area (Å²) in [7, 11) is 0. The number of piperidine rings is 1. The molecule has 0 aromatic heterocycles. The lowest BCUT2D eigenvalue weighted by Crippen LogP contribution is -2.36. The van der Waals surface area contributed by atoms with Gasteiger partial charge in [-0.2, -0.15) is 0 Å². The third-order valence-electron chi connectivity index (χ3n) is 3.93. The van der Waals surface area contributed by atoms with Crippen molar-refractivity contribution in [3.05, 3.63) is 35.4 Å². The highest BCUT2D eigenvalue weighted by molar-refractivity contribution is 14.0. The summed E-state index contributed by atoms with van der Waals surface area (Å²) in [5.41, 5.74) is 8.37. The molecule has 1 saturated heterocycles. The molecule has 130 valence electrons. The van der Waals surface area contributed by atoms with Crippen LogP contribution < -0.4 is 11.1 Å². The summed E-state index contributed by atoms with van der Waals surface area (Å²) in [6.45, 7) is 7.50. The summed E-state index contributed by atoms with van der Waals surface area (Å²) in [4.78, 5) is 6.82. The van der Waals surface area contributed by atoms with Crippen LogP contribution in [-0.4, -0.2) is 41.2 Å². The van der Waals surface area contributed by atoms with Crippen LogP contribution in [0.3, 0.4) is 0 Å². The Morgan fingerprint density at radius 2 is 1.91 bits per heavy atom. The lowest BCUT2D eigenvalue weighted by molar-refractivity contribution is 0.0791. The van der Waals surface area contributed by atoms with Crippen LogP contribution in [0.25, 0.3) is 0 Å². The number of guanidine groups is 1. The van der Waals surface area contributed by atoms with Gasteiger partial charge in [-0.05, 0) is 37.8 Å². The minimum atomic E-state index is -0.127. The number of aliphatic hydroxyl groups is 1. The van der Waals surface area contributed by atoms with Gasteiger partial charge in [0.05, 0.1) is 12.6 Å². The molecule has 2 rings (SSSR count). The fourth-order valence-electron chi connectivity index (χ4n) is 2.70. The van der Waals surface area contributed by atoms with Crippen molar-refractivity contribution < 1.29 is 5.11 Å². The highest BCUT2D eigenvalue weighted by Crippen LogP contribution is 2.17. The van der Waals surface area contributed by atoms with E-state index in [0.717, 1.165) is 32.5 Å². The van der Waals surface area contributed by atoms with Gasteiger partial charge in [0.1, 0.15) is 0 Å². The smallest absolute Gasteiger partial charge is 0.189 e. The minimum Gasteiger partial charge on any atom is -0.393 e. The van der Waals surface area contributed by atoms with Crippen LogP contribution in [0, 0.1) is 0 Å². The summed E-state index contributed by atoms with van der Waals surface area (Å²) in [6, 6.07) is 8.67. The van der Waals surface area contributed by atoms with Gasteiger partial charge < -0.3 is 16.2 Å². The van der Waals surface area contributed by atoms with Crippen LogP contribution in [-0.2, 0) is 13.1 Å². The van der Waals surface area contributed by atoms with Crippen molar-refractivity contribution in [2.45, 2.75) is 51.9 Å². The van der Waals surface area contributed by atoms with E-state index in [9.17, 15) is 5.11 Å². The summed E-state index contributed by atoms with van der Waals surface area (Å²) in [5, 5.41) is 12.7. The van der Waals surface area contributed by atoms with Crippen molar-refractivity contribution in [3.63, 3.8) is 0 Å². The molecule has 0 amide bonds. The van der Waals surface area contributed by atoms with Crippen molar-refractivity contribution in [1.29, 1.82) is 0 Å². The number of aliphatic imine (C=N–C) groups is 1. The molecule has 0 aliphatic carbocycles. The number of nitrogens with zero attached hydrogens (tertiary/aromatic N) is 2. The third-order valence-corrected chi connectivity index (χ3v) is 3.93. The van der Waals surface area contributed by atoms with Gasteiger partial charge in [0.15, 0.2) is 5.96 Å². The summed E-state index contributed by atoms with van der Waals surface area (Å²) in [6.07, 6.45) is 1.61. The van der Waals surface area contributed by atoms with Crippen LogP contribution in [0.4, 0.5) is 0 Å². The number of benzene rings is 1. The average molecular weight is 432 g/mol. The Balaban J connectivity index is 0.00000264. The number of halogens is 1. The summed E-state index contributed by atoms with van der Waals surface area (Å²) >= 11 is 0. The van der Waals surface area contributed by atoms with E-state index < -0.39 is 0 Å². The Morgan fingerprint density at radius 1 is 1.30 bits per heavy atom. The van der Waals surface area contributed by atoms with Crippen LogP contribution in [0.2, 0.25) is 0 Å². The number of aliphatic hydroxyl groups excluding tert-OH is 1. The number of nitrogens with one attached hydrogen (secondary N) is 1. The molecular weight excluding hydrogens is 403 g/mol. The van der Waals surface area contributed by atoms with Crippen molar-refractivity contribution in [1.82, 2.24) is 10.2 Å². The normalized spacial score (nSPS) is 17.1. The van der Waals surface area contributed by atoms with Crippen molar-refractivity contribution in [2.75, 3.05) is 13.1 Å². The van der Waals surface area contributed by atoms with Gasteiger partial charge in [0.2, 0.25) is 0 Å². The molecule has 1 aliphatic rings. The zero-order valence-electron chi connectivity index (χ0n) is 14.0. The molecule has 0 bridgehead atoms. The number of likely N-dealkylation sites (tertiary alicyclic amines) is 1. The molecule has 23 heavy (non-hydrogen) atoms. The molecule has 1 aliphatic heterocycles. The quantitative estimate of drug-likeness (QED) is 0.379. The van der Waals surface area contributed by atoms with Crippen LogP contribution in [0.15, 0.2) is 29.3 Å². The Kier molecular flexibility index (Phi) is 8.86. The van der Waals surface area contributed by atoms with Gasteiger partial charge in [-0.25, -0.2) is 4.99 Å². The number of hydrogen-bond acceptors (Lipinski definition) is 3. The summed E-state index contributed by atoms with van der Waals surface area (Å²) in [5.74, 6) is 0.492. The molecule has 5 nitrogen and oxygen atoms in total. The van der Waals surface area contributed by atoms with E-state index in [2.05, 4.69) is 33.4 Å². The molecule has 0 unspecified atom stereocenters. The average Bonchev–Trinajstić information content (AvgIpc) is 2.48. The number of hydrogen-bond donors (Lipinski definition) is 3. The molecule has 4 N–H and O–H groups in total. The SMILES string of the molecule is CC(C)NC(N)=NCc1ccccc1CN1CCC(O)CC1.I. The van der Waals surface area contributed by atoms with Gasteiger partial charge >= 0.3 is 0 Å². The first-order valence-corrected chi connectivity index (χ1v) is 8.08. The molecule has 0 saturated carbocycles. The van der Waals surface area contributed by atoms with Crippen LogP contribution in [0.1, 0.15) is 37.8 Å². The molecule has 1 heterocycles. The Bertz CT molecular complexity index is 499. The first-order valence-electron chi connectivity index (χ1n) is 8.08. The standard InChI is InChI=1S/C17H28N4O.HI/c1-13(2)20-17(18)19-11-14-5-3-4-6-15(14)12-21-9-7-16(22)8-10-21;/h3-6,13,16,22H,7-12H2,1-2H3,(H3,18,19,20);1H. The van der Waals surface area contributed by atoms with Gasteiger partial charge in [-0.1, -0.05) is 24.3 Å². The number of rotatable bonds is 5. The molecule has 0 spiro atoms. The lowest BCUT2D eigenvalue weighted by Gasteiger charge is -2.30. The Labute approximate surface area is 156 Å². The zero-order chi connectivity index (χ0) is 15.9. The van der Waals surface area contributed by atoms with Gasteiger partial charge in [0.25, 0.3) is 0 Å². The van der Waals surface area contributed by atoms with Gasteiger partial charge in [0, 0.05) is 25.7 Å². The van der Waals surface area contributed by atoms with E-state index in [4.69, 9.17) is 5.73 Å². The second kappa shape index (κ2) is 10.1. The Hall–Kier alpha value is -0.860. The van der Waals surface area contributed by atoms with Gasteiger partial charge in [-0.15, -0.1) is 24.0 Å². The summed E-state index contributed by atoms with van der Waals surface area (Å²) < 4.78 is 0. The van der Waals surface area contributed by atoms with E-state index in [0.29, 0.717) is 18.5 Å². The van der Waals surface area contributed by atoms with E-state index in [1.54, 1.807) is 0 Å². The minimum absolute atomic E-state index is 0. The maximum Gasteiger partial charge on any atom is 0.189 e. The molecule has 1 aromatic carbocycles. The first-order chi connectivity index (χ1) is 10.5. The zero-order valence-corrected chi connectivity index (χ0v) is 16.4. The lowest BCUT2D eigenvalue weighted by atomic mass is 10.0. The molecule has 6 heteroatoms. The van der Waals surface area contributed by atoms with Crippen molar-refractivity contribution in [3.8, 4) is 0 Å². The molecular formula is C17H29IN4O. The topological polar surface area (TPSA) is 73.9 Å². The fraction of sp³-hybridized carbons (Fsp3) is 0.588. The van der Waals surface area contributed by atoms with Crippen molar-refractivity contribution >= 4 is 29.9 Å². The second-order valence-electron chi connectivity index (χ2n) is 6.28. The molecule has 0 atom stereocenters. The predicted octanol–water partition coefficient (Wildman–Crippen LogP) is 2.07. The second-order valence-corrected chi connectivity index (χ2v) is 6.28. The number of nitrogens with two attached hydrogens (primary N) is 1. The van der Waals surface area contributed by atoms with E-state index >= 15 is 0 Å². The molecule has 1 aromatic rings. The Morgan fingerprint density at radius 3 is 2.52 bits per heavy atom. The maximum atomic E-state index is 9.60. The molecule has 1 fully saturated rings. The first kappa shape index (κ1) is 20.2. The monoisotopic (exact) mass is 432 g/mol. The largest absolute Gasteiger partial charge is 0.393 e. The van der Waals surface area contributed by atoms with Gasteiger partial charge in [-0.3, -0.25) is 4.90 Å².